The molecular weight excluding hydrogens is 405 g/mol. The van der Waals surface area contributed by atoms with Gasteiger partial charge in [-0.25, -0.2) is 12.8 Å². The van der Waals surface area contributed by atoms with Gasteiger partial charge in [0.05, 0.1) is 17.3 Å². The number of aryl methyl sites for hydroxylation is 1. The summed E-state index contributed by atoms with van der Waals surface area (Å²) >= 11 is 6.12. The molecule has 0 saturated carbocycles. The van der Waals surface area contributed by atoms with E-state index in [2.05, 4.69) is 5.32 Å². The molecular formula is C19H21ClFN3O3S. The zero-order valence-electron chi connectivity index (χ0n) is 15.4. The number of piperazine rings is 1. The maximum Gasteiger partial charge on any atom is 0.246 e. The Kier molecular flexibility index (Phi) is 6.34. The number of nitrogens with zero attached hydrogens (tertiary/aromatic N) is 2. The molecule has 3 rings (SSSR count). The zero-order chi connectivity index (χ0) is 20.3. The third kappa shape index (κ3) is 4.70. The van der Waals surface area contributed by atoms with Gasteiger partial charge in [0.1, 0.15) is 10.7 Å². The lowest BCUT2D eigenvalue weighted by molar-refractivity contribution is -0.117. The molecule has 1 fully saturated rings. The molecule has 1 N–H and O–H groups in total. The van der Waals surface area contributed by atoms with Crippen molar-refractivity contribution in [1.82, 2.24) is 9.21 Å². The Morgan fingerprint density at radius 3 is 2.46 bits per heavy atom. The molecule has 1 amide bonds. The van der Waals surface area contributed by atoms with E-state index < -0.39 is 15.8 Å². The molecule has 28 heavy (non-hydrogen) atoms. The van der Waals surface area contributed by atoms with Crippen LogP contribution in [0.25, 0.3) is 0 Å². The summed E-state index contributed by atoms with van der Waals surface area (Å²) in [4.78, 5) is 13.8. The Morgan fingerprint density at radius 1 is 1.14 bits per heavy atom. The standard InChI is InChI=1S/C19H21ClFN3O3S/c1-14-6-7-17(15(20)12-14)22-19(25)13-23-8-10-24(11-9-23)28(26,27)18-5-3-2-4-16(18)21/h2-7,12H,8-11,13H2,1H3,(H,22,25). The normalized spacial score (nSPS) is 16.1. The monoisotopic (exact) mass is 425 g/mol. The van der Waals surface area contributed by atoms with Crippen LogP contribution in [-0.4, -0.2) is 56.3 Å². The second-order valence-electron chi connectivity index (χ2n) is 6.64. The van der Waals surface area contributed by atoms with Crippen molar-refractivity contribution in [2.24, 2.45) is 0 Å². The maximum absolute atomic E-state index is 13.9. The fourth-order valence-corrected chi connectivity index (χ4v) is 4.80. The number of carbonyl (C=O) groups excluding carboxylic acids is 1. The molecule has 2 aromatic rings. The maximum atomic E-state index is 13.9. The molecule has 1 aliphatic heterocycles. The summed E-state index contributed by atoms with van der Waals surface area (Å²) in [5, 5.41) is 3.23. The first-order valence-corrected chi connectivity index (χ1v) is 10.6. The third-order valence-corrected chi connectivity index (χ3v) is 6.80. The number of hydrogen-bond donors (Lipinski definition) is 1. The van der Waals surface area contributed by atoms with Gasteiger partial charge in [-0.3, -0.25) is 9.69 Å². The van der Waals surface area contributed by atoms with E-state index in [9.17, 15) is 17.6 Å². The van der Waals surface area contributed by atoms with Crippen molar-refractivity contribution >= 4 is 33.2 Å². The second-order valence-corrected chi connectivity index (χ2v) is 8.96. The van der Waals surface area contributed by atoms with E-state index in [1.165, 1.54) is 22.5 Å². The Bertz CT molecular complexity index is 976. The summed E-state index contributed by atoms with van der Waals surface area (Å²) in [7, 11) is -3.89. The largest absolute Gasteiger partial charge is 0.324 e. The molecule has 0 bridgehead atoms. The van der Waals surface area contributed by atoms with Gasteiger partial charge in [-0.15, -0.1) is 0 Å². The van der Waals surface area contributed by atoms with Crippen LogP contribution in [0.3, 0.4) is 0 Å². The van der Waals surface area contributed by atoms with E-state index in [4.69, 9.17) is 11.6 Å². The van der Waals surface area contributed by atoms with Crippen LogP contribution < -0.4 is 5.32 Å². The number of halogens is 2. The minimum atomic E-state index is -3.89. The highest BCUT2D eigenvalue weighted by Crippen LogP contribution is 2.23. The number of carbonyl (C=O) groups is 1. The molecule has 0 radical (unpaired) electrons. The molecule has 150 valence electrons. The summed E-state index contributed by atoms with van der Waals surface area (Å²) in [5.41, 5.74) is 1.54. The van der Waals surface area contributed by atoms with Crippen molar-refractivity contribution in [2.45, 2.75) is 11.8 Å². The minimum absolute atomic E-state index is 0.123. The van der Waals surface area contributed by atoms with E-state index >= 15 is 0 Å². The smallest absolute Gasteiger partial charge is 0.246 e. The molecule has 1 aliphatic rings. The number of sulfonamides is 1. The van der Waals surface area contributed by atoms with Gasteiger partial charge >= 0.3 is 0 Å². The number of amides is 1. The topological polar surface area (TPSA) is 69.7 Å². The Balaban J connectivity index is 1.57. The molecule has 1 heterocycles. The van der Waals surface area contributed by atoms with Crippen molar-refractivity contribution in [3.8, 4) is 0 Å². The number of nitrogens with one attached hydrogen (secondary N) is 1. The predicted molar refractivity (Wildman–Crippen MR) is 106 cm³/mol. The highest BCUT2D eigenvalue weighted by molar-refractivity contribution is 7.89. The van der Waals surface area contributed by atoms with Crippen LogP contribution in [0.5, 0.6) is 0 Å². The summed E-state index contributed by atoms with van der Waals surface area (Å²) in [6.07, 6.45) is 0. The van der Waals surface area contributed by atoms with E-state index in [0.29, 0.717) is 23.8 Å². The molecule has 2 aromatic carbocycles. The first kappa shape index (κ1) is 20.7. The third-order valence-electron chi connectivity index (χ3n) is 4.55. The summed E-state index contributed by atoms with van der Waals surface area (Å²) in [6.45, 7) is 3.17. The van der Waals surface area contributed by atoms with E-state index in [1.807, 2.05) is 17.9 Å². The van der Waals surface area contributed by atoms with Crippen LogP contribution >= 0.6 is 11.6 Å². The van der Waals surface area contributed by atoms with Gasteiger partial charge in [0.15, 0.2) is 0 Å². The highest BCUT2D eigenvalue weighted by atomic mass is 35.5. The highest BCUT2D eigenvalue weighted by Gasteiger charge is 2.30. The number of hydrogen-bond acceptors (Lipinski definition) is 4. The van der Waals surface area contributed by atoms with E-state index in [1.54, 1.807) is 12.1 Å². The van der Waals surface area contributed by atoms with Gasteiger partial charge in [0, 0.05) is 26.2 Å². The minimum Gasteiger partial charge on any atom is -0.324 e. The second kappa shape index (κ2) is 8.57. The lowest BCUT2D eigenvalue weighted by atomic mass is 10.2. The van der Waals surface area contributed by atoms with Crippen molar-refractivity contribution in [2.75, 3.05) is 38.0 Å². The van der Waals surface area contributed by atoms with Gasteiger partial charge in [-0.05, 0) is 36.8 Å². The van der Waals surface area contributed by atoms with Gasteiger partial charge in [-0.1, -0.05) is 29.8 Å². The fourth-order valence-electron chi connectivity index (χ4n) is 3.04. The van der Waals surface area contributed by atoms with Crippen molar-refractivity contribution < 1.29 is 17.6 Å². The van der Waals surface area contributed by atoms with Crippen LogP contribution in [0.2, 0.25) is 5.02 Å². The molecule has 0 spiro atoms. The predicted octanol–water partition coefficient (Wildman–Crippen LogP) is 2.73. The Morgan fingerprint density at radius 2 is 1.82 bits per heavy atom. The van der Waals surface area contributed by atoms with Crippen LogP contribution in [0.15, 0.2) is 47.4 Å². The quantitative estimate of drug-likeness (QED) is 0.799. The van der Waals surface area contributed by atoms with Crippen LogP contribution in [0, 0.1) is 12.7 Å². The van der Waals surface area contributed by atoms with Crippen LogP contribution in [0.4, 0.5) is 10.1 Å². The van der Waals surface area contributed by atoms with Gasteiger partial charge in [0.2, 0.25) is 15.9 Å². The first-order chi connectivity index (χ1) is 13.3. The molecule has 6 nitrogen and oxygen atoms in total. The van der Waals surface area contributed by atoms with Crippen molar-refractivity contribution in [3.05, 3.63) is 58.9 Å². The molecule has 0 unspecified atom stereocenters. The average Bonchev–Trinajstić information content (AvgIpc) is 2.65. The van der Waals surface area contributed by atoms with Crippen molar-refractivity contribution in [3.63, 3.8) is 0 Å². The first-order valence-electron chi connectivity index (χ1n) is 8.80. The lowest BCUT2D eigenvalue weighted by Gasteiger charge is -2.33. The molecule has 0 atom stereocenters. The number of rotatable bonds is 5. The summed E-state index contributed by atoms with van der Waals surface area (Å²) in [6, 6.07) is 10.7. The van der Waals surface area contributed by atoms with Gasteiger partial charge in [-0.2, -0.15) is 4.31 Å². The SMILES string of the molecule is Cc1ccc(NC(=O)CN2CCN(S(=O)(=O)c3ccccc3F)CC2)c(Cl)c1. The van der Waals surface area contributed by atoms with E-state index in [-0.39, 0.29) is 30.4 Å². The van der Waals surface area contributed by atoms with Crippen molar-refractivity contribution in [1.29, 1.82) is 0 Å². The fraction of sp³-hybridized carbons (Fsp3) is 0.316. The summed E-state index contributed by atoms with van der Waals surface area (Å²) in [5.74, 6) is -0.990. The summed E-state index contributed by atoms with van der Waals surface area (Å²) < 4.78 is 40.4. The van der Waals surface area contributed by atoms with Crippen LogP contribution in [0.1, 0.15) is 5.56 Å². The number of anilines is 1. The molecule has 0 aromatic heterocycles. The van der Waals surface area contributed by atoms with Gasteiger partial charge < -0.3 is 5.32 Å². The Labute approximate surface area is 168 Å². The molecule has 0 aliphatic carbocycles. The number of benzene rings is 2. The van der Waals surface area contributed by atoms with Crippen LogP contribution in [-0.2, 0) is 14.8 Å². The Hall–Kier alpha value is -2.00. The van der Waals surface area contributed by atoms with E-state index in [0.717, 1.165) is 11.6 Å². The van der Waals surface area contributed by atoms with Gasteiger partial charge in [0.25, 0.3) is 0 Å². The lowest BCUT2D eigenvalue weighted by Crippen LogP contribution is -2.50. The molecule has 9 heteroatoms. The average molecular weight is 426 g/mol. The molecule has 1 saturated heterocycles. The zero-order valence-corrected chi connectivity index (χ0v) is 16.9.